The van der Waals surface area contributed by atoms with E-state index in [1.807, 2.05) is 0 Å². The van der Waals surface area contributed by atoms with Crippen LogP contribution in [-0.4, -0.2) is 113 Å². The van der Waals surface area contributed by atoms with Gasteiger partial charge in [-0.3, -0.25) is 9.59 Å². The summed E-state index contributed by atoms with van der Waals surface area (Å²) in [5.41, 5.74) is 0.817. The summed E-state index contributed by atoms with van der Waals surface area (Å²) in [6, 6.07) is 32.9. The normalized spacial score (nSPS) is 11.0. The molecule has 0 saturated heterocycles. The first-order chi connectivity index (χ1) is 33.8. The highest BCUT2D eigenvalue weighted by atomic mass is 35.8. The number of para-hydroxylation sites is 2. The molecule has 0 spiro atoms. The number of esters is 2. The number of carboxylic acids is 2. The van der Waals surface area contributed by atoms with Gasteiger partial charge in [-0.25, -0.2) is 49.3 Å². The number of cyclic esters (lactones) is 2. The fraction of sp³-hybridized carbons (Fsp3) is 0.106. The molecule has 0 aromatic heterocycles. The van der Waals surface area contributed by atoms with E-state index in [4.69, 9.17) is 53.6 Å². The Labute approximate surface area is 429 Å². The van der Waals surface area contributed by atoms with Gasteiger partial charge in [0.25, 0.3) is 0 Å². The molecule has 0 radical (unpaired) electrons. The quantitative estimate of drug-likeness (QED) is 0.0324. The molecule has 25 heteroatoms. The van der Waals surface area contributed by atoms with Gasteiger partial charge in [0.15, 0.2) is 46.1 Å². The van der Waals surface area contributed by atoms with Gasteiger partial charge in [0.05, 0.1) is 56.1 Å². The minimum absolute atomic E-state index is 0.0135. The minimum atomic E-state index is -3.82. The van der Waals surface area contributed by atoms with E-state index >= 15 is 0 Å². The molecule has 378 valence electrons. The molecule has 1 heterocycles. The van der Waals surface area contributed by atoms with Crippen LogP contribution in [0.15, 0.2) is 133 Å². The average molecular weight is 1110 g/mol. The van der Waals surface area contributed by atoms with Gasteiger partial charge < -0.3 is 42.6 Å². The molecule has 0 aliphatic carbocycles. The number of hydrogen-bond acceptors (Lipinski definition) is 17. The lowest BCUT2D eigenvalue weighted by Crippen LogP contribution is -2.11. The first-order valence-corrected chi connectivity index (χ1v) is 28.7. The smallest absolute Gasteiger partial charge is 0.504 e. The number of halogens is 3. The molecule has 1 aliphatic rings. The molecule has 6 aromatic carbocycles. The monoisotopic (exact) mass is 1100 g/mol. The van der Waals surface area contributed by atoms with Crippen molar-refractivity contribution < 1.29 is 88.2 Å². The zero-order valence-electron chi connectivity index (χ0n) is 38.1. The molecule has 7 rings (SSSR count). The van der Waals surface area contributed by atoms with Crippen molar-refractivity contribution in [3.05, 3.63) is 178 Å². The predicted molar refractivity (Wildman–Crippen MR) is 265 cm³/mol. The van der Waals surface area contributed by atoms with Crippen LogP contribution in [0.3, 0.4) is 0 Å². The van der Waals surface area contributed by atoms with Crippen LogP contribution in [0.1, 0.15) is 73.3 Å². The number of phenolic OH excluding ortho intramolecular Hbond substituents is 1. The Morgan fingerprint density at radius 2 is 0.819 bits per heavy atom. The third kappa shape index (κ3) is 18.2. The molecule has 0 saturated carbocycles. The molecular weight excluding hydrogens is 1070 g/mol. The van der Waals surface area contributed by atoms with Crippen molar-refractivity contribution in [3.63, 3.8) is 0 Å². The van der Waals surface area contributed by atoms with Crippen LogP contribution in [-0.2, 0) is 25.0 Å². The second-order valence-corrected chi connectivity index (χ2v) is 23.4. The topological polar surface area (TPSA) is 287 Å². The first-order valence-electron chi connectivity index (χ1n) is 19.8. The lowest BCUT2D eigenvalue weighted by atomic mass is 9.98. The number of carbonyl (C=O) groups is 6. The maximum absolute atomic E-state index is 12.6. The number of ketones is 2. The summed E-state index contributed by atoms with van der Waals surface area (Å²) in [5.74, 6) is -3.92. The van der Waals surface area contributed by atoms with E-state index in [9.17, 15) is 55.8 Å². The van der Waals surface area contributed by atoms with E-state index in [2.05, 4.69) is 8.92 Å². The van der Waals surface area contributed by atoms with Crippen molar-refractivity contribution in [3.8, 4) is 34.5 Å². The second kappa shape index (κ2) is 27.4. The maximum atomic E-state index is 12.6. The molecule has 6 aromatic rings. The van der Waals surface area contributed by atoms with Crippen molar-refractivity contribution in [2.45, 2.75) is 0 Å². The number of methoxy groups -OCH3 is 3. The average Bonchev–Trinajstić information content (AvgIpc) is 3.62. The molecule has 0 bridgehead atoms. The summed E-state index contributed by atoms with van der Waals surface area (Å²) in [7, 11) is 11.7. The van der Waals surface area contributed by atoms with Crippen molar-refractivity contribution in [1.29, 1.82) is 0 Å². The van der Waals surface area contributed by atoms with Gasteiger partial charge in [0.1, 0.15) is 0 Å². The molecule has 19 nitrogen and oxygen atoms in total. The van der Waals surface area contributed by atoms with Crippen LogP contribution in [0.25, 0.3) is 0 Å². The molecular formula is C47H40AlCl3O19S2. The van der Waals surface area contributed by atoms with Crippen molar-refractivity contribution in [1.82, 2.24) is 0 Å². The number of carbonyl (C=O) groups excluding carboxylic acids is 4. The SMILES string of the molecule is COc1ccc(C(=O)c2ccccc2C(=O)O)cc1O.COc1ccc(C(=O)c2ccccc2C(=O)O)cc1OS(C)(=O)=O.COc1ccccc1OS(C)(=O)=O.O=C1OC(=O)c2ccccc21.[Cl][Al]([Cl])[Cl]. The number of ether oxygens (including phenoxy) is 4. The molecule has 3 N–H and O–H groups in total. The van der Waals surface area contributed by atoms with Crippen LogP contribution in [0.2, 0.25) is 0 Å². The summed E-state index contributed by atoms with van der Waals surface area (Å²) in [5, 5.41) is 27.9. The number of carboxylic acid groups (broad SMARTS) is 2. The van der Waals surface area contributed by atoms with E-state index in [1.165, 1.54) is 100 Å². The first kappa shape index (κ1) is 59.2. The van der Waals surface area contributed by atoms with Gasteiger partial charge in [-0.15, -0.1) is 0 Å². The van der Waals surface area contributed by atoms with E-state index in [0.29, 0.717) is 16.9 Å². The van der Waals surface area contributed by atoms with Crippen LogP contribution >= 0.6 is 30.1 Å². The third-order valence-corrected chi connectivity index (χ3v) is 9.74. The van der Waals surface area contributed by atoms with E-state index in [-0.39, 0.29) is 62.1 Å². The number of aromatic carboxylic acids is 2. The summed E-state index contributed by atoms with van der Waals surface area (Å²) in [6.07, 6.45) is 1.85. The number of phenols is 1. The summed E-state index contributed by atoms with van der Waals surface area (Å²) >= 11 is -1.72. The van der Waals surface area contributed by atoms with E-state index < -0.39 is 67.1 Å². The molecule has 1 aliphatic heterocycles. The Morgan fingerprint density at radius 3 is 1.21 bits per heavy atom. The van der Waals surface area contributed by atoms with Crippen LogP contribution in [0.5, 0.6) is 34.5 Å². The minimum Gasteiger partial charge on any atom is -0.504 e. The lowest BCUT2D eigenvalue weighted by molar-refractivity contribution is 0.0441. The molecule has 0 atom stereocenters. The van der Waals surface area contributed by atoms with Crippen molar-refractivity contribution in [2.75, 3.05) is 33.8 Å². The summed E-state index contributed by atoms with van der Waals surface area (Å²) in [4.78, 5) is 68.9. The Morgan fingerprint density at radius 1 is 0.486 bits per heavy atom. The standard InChI is InChI=1S/C16H14O7S.C15H12O5.C8H10O4S.C8H4O3.Al.3ClH/c1-22-13-8-7-10(9-14(13)23-24(2,20)21)15(17)11-5-3-4-6-12(11)16(18)19;1-20-13-7-6-9(8-12(13)16)14(17)10-4-2-3-5-11(10)15(18)19;1-11-7-5-3-4-6-8(7)12-13(2,9)10;9-7-5-3-1-2-4-6(5)8(10)11-7;;;;/h3-9H,1-2H3,(H,18,19);2-8,16H,1H3,(H,18,19);3-6H,1-2H3;1-4H;;3*1H/q;;;;+3;;;/p-3. The molecule has 0 unspecified atom stereocenters. The van der Waals surface area contributed by atoms with Gasteiger partial charge in [0.2, 0.25) is 0 Å². The van der Waals surface area contributed by atoms with Gasteiger partial charge in [-0.2, -0.15) is 16.8 Å². The lowest BCUT2D eigenvalue weighted by Gasteiger charge is -2.11. The highest BCUT2D eigenvalue weighted by Crippen LogP contribution is 2.31. The fourth-order valence-corrected chi connectivity index (χ4v) is 6.73. The molecule has 0 amide bonds. The number of hydrogen-bond donors (Lipinski definition) is 3. The van der Waals surface area contributed by atoms with Crippen LogP contribution < -0.4 is 22.6 Å². The van der Waals surface area contributed by atoms with Crippen molar-refractivity contribution in [2.24, 2.45) is 0 Å². The zero-order valence-corrected chi connectivity index (χ0v) is 43.2. The number of benzene rings is 6. The van der Waals surface area contributed by atoms with E-state index in [0.717, 1.165) is 12.5 Å². The van der Waals surface area contributed by atoms with Crippen molar-refractivity contribution >= 4 is 97.2 Å². The van der Waals surface area contributed by atoms with Gasteiger partial charge in [-0.05, 0) is 72.8 Å². The highest BCUT2D eigenvalue weighted by Gasteiger charge is 2.28. The Bertz CT molecular complexity index is 3150. The third-order valence-electron chi connectivity index (χ3n) is 8.77. The highest BCUT2D eigenvalue weighted by molar-refractivity contribution is 7.86. The Balaban J connectivity index is 0.000000256. The zero-order chi connectivity index (χ0) is 53.9. The molecule has 72 heavy (non-hydrogen) atoms. The second-order valence-electron chi connectivity index (χ2n) is 13.8. The summed E-state index contributed by atoms with van der Waals surface area (Å²) in [6.45, 7) is 0. The Kier molecular flexibility index (Phi) is 22.5. The number of rotatable bonds is 13. The van der Waals surface area contributed by atoms with Gasteiger partial charge in [0, 0.05) is 22.3 Å². The predicted octanol–water partition coefficient (Wildman–Crippen LogP) is 8.01. The fourth-order valence-electron chi connectivity index (χ4n) is 5.81. The number of fused-ring (bicyclic) bond motifs is 1. The maximum Gasteiger partial charge on any atom is 0.643 e. The Hall–Kier alpha value is -7.16. The van der Waals surface area contributed by atoms with Crippen LogP contribution in [0, 0.1) is 0 Å². The van der Waals surface area contributed by atoms with E-state index in [1.54, 1.807) is 54.6 Å². The number of aromatic hydroxyl groups is 1. The van der Waals surface area contributed by atoms with Gasteiger partial charge in [-0.1, -0.05) is 60.7 Å². The van der Waals surface area contributed by atoms with Gasteiger partial charge >= 0.3 is 55.5 Å². The summed E-state index contributed by atoms with van der Waals surface area (Å²) < 4.78 is 72.9. The largest absolute Gasteiger partial charge is 0.643 e. The van der Waals surface area contributed by atoms with Crippen LogP contribution in [0.4, 0.5) is 0 Å². The molecule has 0 fully saturated rings.